The maximum Gasteiger partial charge on any atom is 0.243 e. The van der Waals surface area contributed by atoms with Crippen LogP contribution < -0.4 is 0 Å². The van der Waals surface area contributed by atoms with Gasteiger partial charge in [-0.1, -0.05) is 6.92 Å². The fourth-order valence-corrected chi connectivity index (χ4v) is 6.25. The number of nitrogens with zero attached hydrogens (tertiary/aromatic N) is 3. The van der Waals surface area contributed by atoms with Gasteiger partial charge in [-0.25, -0.2) is 16.8 Å². The van der Waals surface area contributed by atoms with Crippen LogP contribution in [0.3, 0.4) is 0 Å². The van der Waals surface area contributed by atoms with Crippen molar-refractivity contribution in [1.29, 1.82) is 0 Å². The predicted octanol–water partition coefficient (Wildman–Crippen LogP) is 0.570. The largest absolute Gasteiger partial charge is 0.343 e. The van der Waals surface area contributed by atoms with Crippen molar-refractivity contribution in [2.75, 3.05) is 39.3 Å². The molecule has 150 valence electrons. The number of hydrogen-bond donors (Lipinski definition) is 0. The lowest BCUT2D eigenvalue weighted by atomic mass is 10.0. The molecule has 0 saturated carbocycles. The Kier molecular flexibility index (Phi) is 5.90. The van der Waals surface area contributed by atoms with Crippen LogP contribution in [0.2, 0.25) is 0 Å². The molecule has 1 aromatic rings. The number of piperazine rings is 1. The highest BCUT2D eigenvalue weighted by Gasteiger charge is 2.30. The first-order chi connectivity index (χ1) is 12.7. The van der Waals surface area contributed by atoms with Crippen LogP contribution in [0.1, 0.15) is 19.8 Å². The van der Waals surface area contributed by atoms with Crippen molar-refractivity contribution in [3.05, 3.63) is 24.3 Å². The molecule has 3 rings (SSSR count). The molecule has 2 saturated heterocycles. The Morgan fingerprint density at radius 3 is 1.59 bits per heavy atom. The van der Waals surface area contributed by atoms with Gasteiger partial charge in [0.05, 0.1) is 9.79 Å². The zero-order valence-electron chi connectivity index (χ0n) is 15.3. The number of carbonyl (C=O) groups is 1. The van der Waals surface area contributed by atoms with Crippen LogP contribution in [0.25, 0.3) is 0 Å². The maximum atomic E-state index is 12.8. The van der Waals surface area contributed by atoms with Gasteiger partial charge in [0, 0.05) is 39.3 Å². The highest BCUT2D eigenvalue weighted by Crippen LogP contribution is 2.25. The monoisotopic (exact) mass is 415 g/mol. The Balaban J connectivity index is 1.75. The van der Waals surface area contributed by atoms with Crippen molar-refractivity contribution in [1.82, 2.24) is 13.5 Å². The van der Waals surface area contributed by atoms with E-state index in [0.717, 1.165) is 12.8 Å². The average Bonchev–Trinajstić information content (AvgIpc) is 2.68. The summed E-state index contributed by atoms with van der Waals surface area (Å²) in [5.74, 6) is 0.517. The Morgan fingerprint density at radius 2 is 1.19 bits per heavy atom. The van der Waals surface area contributed by atoms with Gasteiger partial charge in [0.25, 0.3) is 0 Å². The Hall–Kier alpha value is -1.49. The van der Waals surface area contributed by atoms with Crippen molar-refractivity contribution in [3.8, 4) is 0 Å². The predicted molar refractivity (Wildman–Crippen MR) is 100.0 cm³/mol. The molecule has 0 bridgehead atoms. The van der Waals surface area contributed by atoms with E-state index < -0.39 is 20.0 Å². The molecule has 0 aliphatic carbocycles. The summed E-state index contributed by atoms with van der Waals surface area (Å²) in [6, 6.07) is 5.42. The molecule has 0 unspecified atom stereocenters. The van der Waals surface area contributed by atoms with E-state index in [1.54, 1.807) is 0 Å². The van der Waals surface area contributed by atoms with Crippen LogP contribution in [0, 0.1) is 5.92 Å². The van der Waals surface area contributed by atoms with E-state index in [-0.39, 0.29) is 22.9 Å². The third kappa shape index (κ3) is 4.18. The molecule has 2 aliphatic rings. The molecule has 1 aromatic carbocycles. The molecule has 27 heavy (non-hydrogen) atoms. The molecule has 0 aromatic heterocycles. The van der Waals surface area contributed by atoms with Crippen molar-refractivity contribution in [3.63, 3.8) is 0 Å². The molecule has 2 fully saturated rings. The fourth-order valence-electron chi connectivity index (χ4n) is 3.36. The number of amides is 1. The molecule has 0 atom stereocenters. The van der Waals surface area contributed by atoms with Gasteiger partial charge >= 0.3 is 0 Å². The summed E-state index contributed by atoms with van der Waals surface area (Å²) >= 11 is 0. The second-order valence-corrected chi connectivity index (χ2v) is 11.0. The smallest absolute Gasteiger partial charge is 0.243 e. The number of sulfonamides is 2. The lowest BCUT2D eigenvalue weighted by Gasteiger charge is -2.31. The van der Waals surface area contributed by atoms with Crippen molar-refractivity contribution in [2.45, 2.75) is 29.6 Å². The summed E-state index contributed by atoms with van der Waals surface area (Å²) < 4.78 is 53.8. The maximum absolute atomic E-state index is 12.8. The summed E-state index contributed by atoms with van der Waals surface area (Å²) in [4.78, 5) is 12.5. The van der Waals surface area contributed by atoms with Gasteiger partial charge < -0.3 is 4.90 Å². The van der Waals surface area contributed by atoms with E-state index in [1.165, 1.54) is 37.8 Å². The summed E-state index contributed by atoms with van der Waals surface area (Å²) in [6.07, 6.45) is 2.38. The fraction of sp³-hybridized carbons (Fsp3) is 0.588. The van der Waals surface area contributed by atoms with E-state index >= 15 is 0 Å². The topological polar surface area (TPSA) is 95.1 Å². The van der Waals surface area contributed by atoms with Crippen molar-refractivity contribution < 1.29 is 21.6 Å². The first kappa shape index (κ1) is 20.2. The summed E-state index contributed by atoms with van der Waals surface area (Å²) in [5.41, 5.74) is 0. The van der Waals surface area contributed by atoms with Crippen LogP contribution in [0.15, 0.2) is 34.1 Å². The van der Waals surface area contributed by atoms with Gasteiger partial charge in [0.15, 0.2) is 0 Å². The van der Waals surface area contributed by atoms with E-state index in [1.807, 2.05) is 0 Å². The standard InChI is InChI=1S/C17H25N3O5S2/c1-15-6-8-19(9-7-15)26(22,23)16-2-4-17(5-3-16)27(24,25)20-12-10-18(14-21)11-13-20/h2-5,14-15H,6-13H2,1H3. The lowest BCUT2D eigenvalue weighted by molar-refractivity contribution is -0.119. The number of rotatable bonds is 5. The van der Waals surface area contributed by atoms with Crippen molar-refractivity contribution >= 4 is 26.5 Å². The molecular weight excluding hydrogens is 390 g/mol. The highest BCUT2D eigenvalue weighted by atomic mass is 32.2. The van der Waals surface area contributed by atoms with E-state index in [2.05, 4.69) is 6.92 Å². The molecule has 8 nitrogen and oxygen atoms in total. The van der Waals surface area contributed by atoms with Crippen molar-refractivity contribution in [2.24, 2.45) is 5.92 Å². The third-order valence-corrected chi connectivity index (χ3v) is 9.09. The Bertz CT molecular complexity index is 868. The number of hydrogen-bond acceptors (Lipinski definition) is 5. The second kappa shape index (κ2) is 7.86. The normalized spacial score (nSPS) is 21.3. The van der Waals surface area contributed by atoms with Gasteiger partial charge in [-0.15, -0.1) is 0 Å². The minimum Gasteiger partial charge on any atom is -0.343 e. The number of piperidine rings is 1. The molecule has 2 aliphatic heterocycles. The number of carbonyl (C=O) groups excluding carboxylic acids is 1. The zero-order valence-corrected chi connectivity index (χ0v) is 17.0. The van der Waals surface area contributed by atoms with Gasteiger partial charge in [-0.3, -0.25) is 4.79 Å². The molecule has 0 spiro atoms. The number of benzene rings is 1. The van der Waals surface area contributed by atoms with Gasteiger partial charge in [0.2, 0.25) is 26.5 Å². The van der Waals surface area contributed by atoms with Crippen LogP contribution in [0.5, 0.6) is 0 Å². The third-order valence-electron chi connectivity index (χ3n) is 5.26. The molecule has 0 N–H and O–H groups in total. The summed E-state index contributed by atoms with van der Waals surface area (Å²) in [5, 5.41) is 0. The highest BCUT2D eigenvalue weighted by molar-refractivity contribution is 7.89. The van der Waals surface area contributed by atoms with E-state index in [4.69, 9.17) is 0 Å². The van der Waals surface area contributed by atoms with Crippen LogP contribution in [-0.2, 0) is 24.8 Å². The molecule has 2 heterocycles. The molecule has 0 radical (unpaired) electrons. The van der Waals surface area contributed by atoms with Gasteiger partial charge in [-0.2, -0.15) is 8.61 Å². The minimum atomic E-state index is -3.71. The molecular formula is C17H25N3O5S2. The molecule has 10 heteroatoms. The zero-order chi connectivity index (χ0) is 19.7. The van der Waals surface area contributed by atoms with Crippen LogP contribution in [0.4, 0.5) is 0 Å². The van der Waals surface area contributed by atoms with Gasteiger partial charge in [0.1, 0.15) is 0 Å². The lowest BCUT2D eigenvalue weighted by Crippen LogP contribution is -2.47. The quantitative estimate of drug-likeness (QED) is 0.655. The van der Waals surface area contributed by atoms with Crippen LogP contribution in [-0.4, -0.2) is 76.0 Å². The van der Waals surface area contributed by atoms with E-state index in [9.17, 15) is 21.6 Å². The van der Waals surface area contributed by atoms with Gasteiger partial charge in [-0.05, 0) is 43.0 Å². The van der Waals surface area contributed by atoms with Crippen LogP contribution >= 0.6 is 0 Å². The Labute approximate surface area is 160 Å². The second-order valence-electron chi connectivity index (χ2n) is 7.10. The minimum absolute atomic E-state index is 0.0632. The first-order valence-corrected chi connectivity index (χ1v) is 11.9. The Morgan fingerprint density at radius 1 is 0.778 bits per heavy atom. The summed E-state index contributed by atoms with van der Waals surface area (Å²) in [7, 11) is -7.31. The first-order valence-electron chi connectivity index (χ1n) is 9.05. The van der Waals surface area contributed by atoms with E-state index in [0.29, 0.717) is 38.5 Å². The summed E-state index contributed by atoms with van der Waals surface area (Å²) in [6.45, 7) is 4.25. The SMILES string of the molecule is CC1CCN(S(=O)(=O)c2ccc(S(=O)(=O)N3CCN(C=O)CC3)cc2)CC1. The average molecular weight is 416 g/mol. The molecule has 1 amide bonds.